The second-order valence-corrected chi connectivity index (χ2v) is 10.9. The first-order valence-corrected chi connectivity index (χ1v) is 12.1. The molecule has 3 aliphatic rings. The van der Waals surface area contributed by atoms with Crippen LogP contribution < -0.4 is 0 Å². The molecule has 0 amide bonds. The van der Waals surface area contributed by atoms with E-state index in [0.29, 0.717) is 55.1 Å². The first kappa shape index (κ1) is 24.6. The summed E-state index contributed by atoms with van der Waals surface area (Å²) < 4.78 is 51.9. The van der Waals surface area contributed by atoms with Gasteiger partial charge in [-0.25, -0.2) is 0 Å². The van der Waals surface area contributed by atoms with Gasteiger partial charge in [0.15, 0.2) is 0 Å². The van der Waals surface area contributed by atoms with Gasteiger partial charge < -0.3 is 19.7 Å². The predicted octanol–water partition coefficient (Wildman–Crippen LogP) is 5.24. The lowest BCUT2D eigenvalue weighted by Gasteiger charge is -2.42. The van der Waals surface area contributed by atoms with Gasteiger partial charge in [0.2, 0.25) is 0 Å². The number of nitrogens with zero attached hydrogens (tertiary/aromatic N) is 2. The molecule has 0 radical (unpaired) electrons. The monoisotopic (exact) mass is 492 g/mol. The van der Waals surface area contributed by atoms with Crippen molar-refractivity contribution in [3.63, 3.8) is 0 Å². The third kappa shape index (κ3) is 3.87. The van der Waals surface area contributed by atoms with E-state index < -0.39 is 41.1 Å². The van der Waals surface area contributed by atoms with Crippen molar-refractivity contribution in [2.45, 2.75) is 83.0 Å². The predicted molar refractivity (Wildman–Crippen MR) is 121 cm³/mol. The molecule has 2 N–H and O–H groups in total. The van der Waals surface area contributed by atoms with Gasteiger partial charge in [-0.2, -0.15) is 13.2 Å². The van der Waals surface area contributed by atoms with Gasteiger partial charge in [-0.3, -0.25) is 9.97 Å². The maximum absolute atomic E-state index is 13.2. The maximum atomic E-state index is 13.2. The Kier molecular flexibility index (Phi) is 5.79. The van der Waals surface area contributed by atoms with Crippen molar-refractivity contribution < 1.29 is 32.9 Å². The highest BCUT2D eigenvalue weighted by Gasteiger charge is 2.54. The van der Waals surface area contributed by atoms with Gasteiger partial charge in [0, 0.05) is 49.1 Å². The van der Waals surface area contributed by atoms with Crippen LogP contribution in [0, 0.1) is 5.41 Å². The summed E-state index contributed by atoms with van der Waals surface area (Å²) in [6, 6.07) is 2.37. The average Bonchev–Trinajstić information content (AvgIpc) is 3.10. The highest BCUT2D eigenvalue weighted by atomic mass is 19.4. The summed E-state index contributed by atoms with van der Waals surface area (Å²) in [5.41, 5.74) is 1.48. The van der Waals surface area contributed by atoms with Crippen LogP contribution in [-0.4, -0.2) is 33.4 Å². The number of rotatable bonds is 2. The topological polar surface area (TPSA) is 84.7 Å². The van der Waals surface area contributed by atoms with Gasteiger partial charge in [-0.1, -0.05) is 27.7 Å². The van der Waals surface area contributed by atoms with Gasteiger partial charge in [0.1, 0.15) is 12.2 Å². The summed E-state index contributed by atoms with van der Waals surface area (Å²) in [4.78, 5) is 9.05. The third-order valence-electron chi connectivity index (χ3n) is 7.67. The van der Waals surface area contributed by atoms with Gasteiger partial charge >= 0.3 is 6.18 Å². The number of hydrogen-bond acceptors (Lipinski definition) is 6. The SMILES string of the molecule is CC(C)c1nc2c(c3c1[C@@H](c1ccc(C(F)(F)F)cn1)OC31CCOCC1)C(O)CC(C)(C)C2O. The number of fused-ring (bicyclic) bond motifs is 4. The van der Waals surface area contributed by atoms with Crippen LogP contribution in [0.2, 0.25) is 0 Å². The highest BCUT2D eigenvalue weighted by molar-refractivity contribution is 5.54. The van der Waals surface area contributed by atoms with Crippen LogP contribution in [0.4, 0.5) is 13.2 Å². The molecule has 1 fully saturated rings. The second kappa shape index (κ2) is 8.23. The van der Waals surface area contributed by atoms with E-state index in [1.807, 2.05) is 27.7 Å². The Morgan fingerprint density at radius 1 is 1.09 bits per heavy atom. The van der Waals surface area contributed by atoms with E-state index in [2.05, 4.69) is 4.98 Å². The van der Waals surface area contributed by atoms with E-state index in [4.69, 9.17) is 14.5 Å². The molecule has 1 spiro atoms. The normalized spacial score (nSPS) is 27.2. The summed E-state index contributed by atoms with van der Waals surface area (Å²) >= 11 is 0. The molecule has 5 rings (SSSR count). The molecule has 3 atom stereocenters. The molecule has 1 saturated heterocycles. The van der Waals surface area contributed by atoms with Gasteiger partial charge in [0.25, 0.3) is 0 Å². The van der Waals surface area contributed by atoms with Crippen molar-refractivity contribution in [2.24, 2.45) is 5.41 Å². The summed E-state index contributed by atoms with van der Waals surface area (Å²) in [5, 5.41) is 22.6. The van der Waals surface area contributed by atoms with Gasteiger partial charge in [-0.15, -0.1) is 0 Å². The number of hydrogen-bond donors (Lipinski definition) is 2. The Balaban J connectivity index is 1.76. The van der Waals surface area contributed by atoms with Crippen molar-refractivity contribution in [3.05, 3.63) is 57.7 Å². The number of ether oxygens (including phenoxy) is 2. The van der Waals surface area contributed by atoms with Crippen LogP contribution in [-0.2, 0) is 21.3 Å². The molecule has 6 nitrogen and oxygen atoms in total. The third-order valence-corrected chi connectivity index (χ3v) is 7.67. The molecule has 0 bridgehead atoms. The molecule has 2 aromatic rings. The zero-order valence-electron chi connectivity index (χ0n) is 20.3. The molecule has 2 aliphatic heterocycles. The summed E-state index contributed by atoms with van der Waals surface area (Å²) in [5.74, 6) is -0.0565. The minimum atomic E-state index is -4.49. The fraction of sp³-hybridized carbons (Fsp3) is 0.615. The van der Waals surface area contributed by atoms with Gasteiger partial charge in [0.05, 0.1) is 28.7 Å². The standard InChI is InChI=1S/C26H31F3N2O4/c1-13(2)20-18-19(17-16(32)11-24(3,4)23(33)21(17)31-20)25(7-9-34-10-8-25)35-22(18)15-6-5-14(12-30-15)26(27,28)29/h5-6,12-13,16,22-23,32-33H,7-11H2,1-4H3/t16?,22-,23?/m1/s1. The van der Waals surface area contributed by atoms with Gasteiger partial charge in [-0.05, 0) is 35.4 Å². The molecule has 1 aliphatic carbocycles. The van der Waals surface area contributed by atoms with Crippen molar-refractivity contribution in [1.29, 1.82) is 0 Å². The minimum Gasteiger partial charge on any atom is -0.388 e. The van der Waals surface area contributed by atoms with Crippen LogP contribution in [0.3, 0.4) is 0 Å². The lowest BCUT2D eigenvalue weighted by molar-refractivity contribution is -0.138. The van der Waals surface area contributed by atoms with Crippen molar-refractivity contribution in [3.8, 4) is 0 Å². The quantitative estimate of drug-likeness (QED) is 0.597. The molecule has 2 aromatic heterocycles. The minimum absolute atomic E-state index is 0.0565. The van der Waals surface area contributed by atoms with E-state index in [1.54, 1.807) is 0 Å². The second-order valence-electron chi connectivity index (χ2n) is 10.9. The Bertz CT molecular complexity index is 1120. The lowest BCUT2D eigenvalue weighted by Crippen LogP contribution is -2.38. The average molecular weight is 493 g/mol. The Labute approximate surface area is 202 Å². The number of aromatic nitrogens is 2. The Morgan fingerprint density at radius 2 is 1.77 bits per heavy atom. The molecular formula is C26H31F3N2O4. The number of halogens is 3. The molecule has 35 heavy (non-hydrogen) atoms. The van der Waals surface area contributed by atoms with E-state index in [0.717, 1.165) is 23.4 Å². The molecule has 4 heterocycles. The zero-order chi connectivity index (χ0) is 25.3. The Morgan fingerprint density at radius 3 is 2.34 bits per heavy atom. The van der Waals surface area contributed by atoms with Crippen LogP contribution >= 0.6 is 0 Å². The zero-order valence-corrected chi connectivity index (χ0v) is 20.3. The molecule has 9 heteroatoms. The summed E-state index contributed by atoms with van der Waals surface area (Å²) in [6.07, 6.45) is -4.72. The maximum Gasteiger partial charge on any atom is 0.417 e. The van der Waals surface area contributed by atoms with Crippen LogP contribution in [0.5, 0.6) is 0 Å². The van der Waals surface area contributed by atoms with E-state index in [-0.39, 0.29) is 5.92 Å². The molecular weight excluding hydrogens is 461 g/mol. The van der Waals surface area contributed by atoms with Crippen molar-refractivity contribution in [2.75, 3.05) is 13.2 Å². The molecule has 0 aromatic carbocycles. The number of alkyl halides is 3. The van der Waals surface area contributed by atoms with E-state index in [1.165, 1.54) is 6.07 Å². The smallest absolute Gasteiger partial charge is 0.388 e. The number of aliphatic hydroxyl groups excluding tert-OH is 2. The van der Waals surface area contributed by atoms with Crippen LogP contribution in [0.1, 0.15) is 111 Å². The highest BCUT2D eigenvalue weighted by Crippen LogP contribution is 2.59. The first-order valence-electron chi connectivity index (χ1n) is 12.1. The molecule has 2 unspecified atom stereocenters. The van der Waals surface area contributed by atoms with Crippen LogP contribution in [0.25, 0.3) is 0 Å². The van der Waals surface area contributed by atoms with E-state index in [9.17, 15) is 23.4 Å². The fourth-order valence-corrected chi connectivity index (χ4v) is 5.82. The molecule has 190 valence electrons. The Hall–Kier alpha value is -2.07. The van der Waals surface area contributed by atoms with Crippen LogP contribution in [0.15, 0.2) is 18.3 Å². The summed E-state index contributed by atoms with van der Waals surface area (Å²) in [7, 11) is 0. The van der Waals surface area contributed by atoms with E-state index >= 15 is 0 Å². The lowest BCUT2D eigenvalue weighted by atomic mass is 9.68. The van der Waals surface area contributed by atoms with Crippen molar-refractivity contribution in [1.82, 2.24) is 9.97 Å². The summed E-state index contributed by atoms with van der Waals surface area (Å²) in [6.45, 7) is 8.68. The molecule has 0 saturated carbocycles. The number of aliphatic hydroxyl groups is 2. The van der Waals surface area contributed by atoms with Crippen molar-refractivity contribution >= 4 is 0 Å². The number of pyridine rings is 2. The first-order chi connectivity index (χ1) is 16.4. The fourth-order valence-electron chi connectivity index (χ4n) is 5.82. The largest absolute Gasteiger partial charge is 0.417 e.